The Balaban J connectivity index is 2.33. The van der Waals surface area contributed by atoms with Gasteiger partial charge in [0, 0.05) is 31.9 Å². The lowest BCUT2D eigenvalue weighted by molar-refractivity contribution is 0.0754. The van der Waals surface area contributed by atoms with Gasteiger partial charge in [0.2, 0.25) is 0 Å². The molecule has 0 unspecified atom stereocenters. The zero-order valence-electron chi connectivity index (χ0n) is 15.8. The molecule has 1 N–H and O–H groups in total. The molecule has 1 heterocycles. The van der Waals surface area contributed by atoms with Crippen molar-refractivity contribution in [2.24, 2.45) is 7.05 Å². The molecule has 0 atom stereocenters. The van der Waals surface area contributed by atoms with Crippen LogP contribution in [0.1, 0.15) is 47.4 Å². The molecule has 1 aromatic carbocycles. The van der Waals surface area contributed by atoms with E-state index in [9.17, 15) is 18.8 Å². The quantitative estimate of drug-likeness (QED) is 0.811. The Kier molecular flexibility index (Phi) is 6.87. The van der Waals surface area contributed by atoms with Gasteiger partial charge in [-0.3, -0.25) is 14.4 Å². The van der Waals surface area contributed by atoms with Crippen LogP contribution in [0.25, 0.3) is 0 Å². The standard InChI is InChI=1S/C20H24FN3O3/c1-4-9-24(10-5-2)19(26)15-12-17(20(27)23(3)13-15)22-18(25)14-7-6-8-16(21)11-14/h6-8,11-13H,4-5,9-10H2,1-3H3,(H,22,25). The summed E-state index contributed by atoms with van der Waals surface area (Å²) >= 11 is 0. The molecule has 0 saturated heterocycles. The van der Waals surface area contributed by atoms with Crippen LogP contribution in [0.2, 0.25) is 0 Å². The largest absolute Gasteiger partial charge is 0.339 e. The minimum Gasteiger partial charge on any atom is -0.339 e. The molecular weight excluding hydrogens is 349 g/mol. The van der Waals surface area contributed by atoms with Gasteiger partial charge < -0.3 is 14.8 Å². The van der Waals surface area contributed by atoms with Crippen molar-refractivity contribution in [2.75, 3.05) is 18.4 Å². The highest BCUT2D eigenvalue weighted by molar-refractivity contribution is 6.05. The summed E-state index contributed by atoms with van der Waals surface area (Å²) < 4.78 is 14.6. The van der Waals surface area contributed by atoms with Crippen LogP contribution in [-0.4, -0.2) is 34.4 Å². The average Bonchev–Trinajstić information content (AvgIpc) is 2.64. The molecule has 6 nitrogen and oxygen atoms in total. The zero-order valence-corrected chi connectivity index (χ0v) is 15.8. The summed E-state index contributed by atoms with van der Waals surface area (Å²) in [6.45, 7) is 5.20. The van der Waals surface area contributed by atoms with E-state index >= 15 is 0 Å². The molecule has 0 fully saturated rings. The Morgan fingerprint density at radius 2 is 1.78 bits per heavy atom. The van der Waals surface area contributed by atoms with Crippen molar-refractivity contribution >= 4 is 17.5 Å². The van der Waals surface area contributed by atoms with Gasteiger partial charge in [-0.15, -0.1) is 0 Å². The van der Waals surface area contributed by atoms with Crippen molar-refractivity contribution in [3.8, 4) is 0 Å². The van der Waals surface area contributed by atoms with Crippen molar-refractivity contribution < 1.29 is 14.0 Å². The normalized spacial score (nSPS) is 10.5. The summed E-state index contributed by atoms with van der Waals surface area (Å²) in [5.74, 6) is -1.36. The van der Waals surface area contributed by atoms with Crippen LogP contribution in [0, 0.1) is 5.82 Å². The predicted molar refractivity (Wildman–Crippen MR) is 103 cm³/mol. The number of aromatic nitrogens is 1. The van der Waals surface area contributed by atoms with E-state index in [0.717, 1.165) is 18.9 Å². The van der Waals surface area contributed by atoms with Gasteiger partial charge >= 0.3 is 0 Å². The summed E-state index contributed by atoms with van der Waals surface area (Å²) in [6, 6.07) is 6.54. The highest BCUT2D eigenvalue weighted by Crippen LogP contribution is 2.12. The lowest BCUT2D eigenvalue weighted by Gasteiger charge is -2.22. The summed E-state index contributed by atoms with van der Waals surface area (Å²) in [4.78, 5) is 39.2. The Labute approximate surface area is 157 Å². The van der Waals surface area contributed by atoms with Gasteiger partial charge in [0.15, 0.2) is 0 Å². The number of anilines is 1. The maximum absolute atomic E-state index is 13.3. The van der Waals surface area contributed by atoms with Gasteiger partial charge in [-0.25, -0.2) is 4.39 Å². The SMILES string of the molecule is CCCN(CCC)C(=O)c1cc(NC(=O)c2cccc(F)c2)c(=O)n(C)c1. The molecule has 0 saturated carbocycles. The van der Waals surface area contributed by atoms with Gasteiger partial charge in [0.1, 0.15) is 11.5 Å². The molecule has 2 amide bonds. The fourth-order valence-electron chi connectivity index (χ4n) is 2.78. The van der Waals surface area contributed by atoms with Crippen molar-refractivity contribution in [3.63, 3.8) is 0 Å². The number of hydrogen-bond acceptors (Lipinski definition) is 3. The lowest BCUT2D eigenvalue weighted by Crippen LogP contribution is -2.34. The van der Waals surface area contributed by atoms with Crippen LogP contribution >= 0.6 is 0 Å². The van der Waals surface area contributed by atoms with Crippen LogP contribution in [0.15, 0.2) is 41.3 Å². The van der Waals surface area contributed by atoms with Crippen molar-refractivity contribution in [2.45, 2.75) is 26.7 Å². The molecule has 144 valence electrons. The second-order valence-electron chi connectivity index (χ2n) is 6.32. The third kappa shape index (κ3) is 5.03. The van der Waals surface area contributed by atoms with E-state index in [1.807, 2.05) is 13.8 Å². The lowest BCUT2D eigenvalue weighted by atomic mass is 10.2. The average molecular weight is 373 g/mol. The highest BCUT2D eigenvalue weighted by atomic mass is 19.1. The first-order valence-electron chi connectivity index (χ1n) is 8.94. The maximum Gasteiger partial charge on any atom is 0.274 e. The molecule has 0 aliphatic heterocycles. The Morgan fingerprint density at radius 1 is 1.11 bits per heavy atom. The van der Waals surface area contributed by atoms with E-state index in [0.29, 0.717) is 18.7 Å². The molecule has 2 rings (SSSR count). The molecule has 1 aromatic heterocycles. The molecule has 0 aliphatic carbocycles. The number of carbonyl (C=O) groups is 2. The summed E-state index contributed by atoms with van der Waals surface area (Å²) in [5.41, 5.74) is -0.0692. The molecule has 27 heavy (non-hydrogen) atoms. The number of nitrogens with zero attached hydrogens (tertiary/aromatic N) is 2. The van der Waals surface area contributed by atoms with Crippen LogP contribution in [-0.2, 0) is 7.05 Å². The van der Waals surface area contributed by atoms with Gasteiger partial charge in [0.25, 0.3) is 17.4 Å². The molecule has 7 heteroatoms. The molecular formula is C20H24FN3O3. The van der Waals surface area contributed by atoms with Gasteiger partial charge in [0.05, 0.1) is 5.56 Å². The number of aryl methyl sites for hydroxylation is 1. The second kappa shape index (κ2) is 9.12. The fourth-order valence-corrected chi connectivity index (χ4v) is 2.78. The van der Waals surface area contributed by atoms with Crippen LogP contribution in [0.5, 0.6) is 0 Å². The van der Waals surface area contributed by atoms with E-state index in [-0.39, 0.29) is 17.2 Å². The minimum atomic E-state index is -0.616. The molecule has 0 radical (unpaired) electrons. The fraction of sp³-hybridized carbons (Fsp3) is 0.350. The predicted octanol–water partition coefficient (Wildman–Crippen LogP) is 3.04. The van der Waals surface area contributed by atoms with E-state index in [4.69, 9.17) is 0 Å². The van der Waals surface area contributed by atoms with E-state index in [2.05, 4.69) is 5.32 Å². The van der Waals surface area contributed by atoms with E-state index < -0.39 is 17.3 Å². The maximum atomic E-state index is 13.3. The van der Waals surface area contributed by atoms with E-state index in [1.54, 1.807) is 4.90 Å². The second-order valence-corrected chi connectivity index (χ2v) is 6.32. The van der Waals surface area contributed by atoms with Crippen LogP contribution in [0.4, 0.5) is 10.1 Å². The van der Waals surface area contributed by atoms with Crippen molar-refractivity contribution in [3.05, 3.63) is 63.8 Å². The zero-order chi connectivity index (χ0) is 20.0. The first-order chi connectivity index (χ1) is 12.9. The smallest absolute Gasteiger partial charge is 0.274 e. The minimum absolute atomic E-state index is 0.0226. The number of hydrogen-bond donors (Lipinski definition) is 1. The van der Waals surface area contributed by atoms with Gasteiger partial charge in [-0.2, -0.15) is 0 Å². The summed E-state index contributed by atoms with van der Waals surface area (Å²) in [5, 5.41) is 2.48. The number of amides is 2. The summed E-state index contributed by atoms with van der Waals surface area (Å²) in [7, 11) is 1.51. The Hall–Kier alpha value is -2.96. The number of pyridine rings is 1. The summed E-state index contributed by atoms with van der Waals surface area (Å²) in [6.07, 6.45) is 3.10. The first kappa shape index (κ1) is 20.4. The number of carbonyl (C=O) groups excluding carboxylic acids is 2. The molecule has 2 aromatic rings. The molecule has 0 bridgehead atoms. The van der Waals surface area contributed by atoms with Gasteiger partial charge in [-0.1, -0.05) is 19.9 Å². The monoisotopic (exact) mass is 373 g/mol. The third-order valence-electron chi connectivity index (χ3n) is 4.04. The Morgan fingerprint density at radius 3 is 2.37 bits per heavy atom. The number of nitrogens with one attached hydrogen (secondary N) is 1. The van der Waals surface area contributed by atoms with Crippen LogP contribution in [0.3, 0.4) is 0 Å². The highest BCUT2D eigenvalue weighted by Gasteiger charge is 2.18. The number of rotatable bonds is 7. The van der Waals surface area contributed by atoms with E-state index in [1.165, 1.54) is 42.1 Å². The van der Waals surface area contributed by atoms with Crippen LogP contribution < -0.4 is 10.9 Å². The number of benzene rings is 1. The molecule has 0 aliphatic rings. The van der Waals surface area contributed by atoms with Crippen molar-refractivity contribution in [1.29, 1.82) is 0 Å². The van der Waals surface area contributed by atoms with Crippen molar-refractivity contribution in [1.82, 2.24) is 9.47 Å². The first-order valence-corrected chi connectivity index (χ1v) is 8.94. The van der Waals surface area contributed by atoms with Gasteiger partial charge in [-0.05, 0) is 37.1 Å². The third-order valence-corrected chi connectivity index (χ3v) is 4.04. The Bertz CT molecular complexity index is 886. The number of halogens is 1. The molecule has 0 spiro atoms. The topological polar surface area (TPSA) is 71.4 Å².